The average Bonchev–Trinajstić information content (AvgIpc) is 3.11. The smallest absolute Gasteiger partial charge is 0.123 e. The lowest BCUT2D eigenvalue weighted by atomic mass is 9.93. The highest BCUT2D eigenvalue weighted by Gasteiger charge is 2.32. The van der Waals surface area contributed by atoms with E-state index in [1.165, 1.54) is 12.1 Å². The number of rotatable bonds is 6. The first-order valence-corrected chi connectivity index (χ1v) is 8.36. The molecule has 134 valence electrons. The van der Waals surface area contributed by atoms with Crippen LogP contribution >= 0.6 is 0 Å². The van der Waals surface area contributed by atoms with Gasteiger partial charge >= 0.3 is 0 Å². The maximum atomic E-state index is 13.2. The van der Waals surface area contributed by atoms with Crippen LogP contribution in [0.1, 0.15) is 17.0 Å². The molecule has 0 N–H and O–H groups in total. The topological polar surface area (TPSA) is 30.9 Å². The highest BCUT2D eigenvalue weighted by Crippen LogP contribution is 2.31. The van der Waals surface area contributed by atoms with Gasteiger partial charge < -0.3 is 14.2 Å². The Kier molecular flexibility index (Phi) is 5.56. The molecule has 1 saturated heterocycles. The van der Waals surface area contributed by atoms with Gasteiger partial charge in [0.05, 0.1) is 27.4 Å². The van der Waals surface area contributed by atoms with E-state index in [0.29, 0.717) is 13.2 Å². The summed E-state index contributed by atoms with van der Waals surface area (Å²) < 4.78 is 29.6. The molecule has 1 aliphatic rings. The second-order valence-corrected chi connectivity index (χ2v) is 6.40. The molecule has 4 nitrogen and oxygen atoms in total. The predicted molar refractivity (Wildman–Crippen MR) is 94.8 cm³/mol. The van der Waals surface area contributed by atoms with Gasteiger partial charge in [0.15, 0.2) is 0 Å². The first-order chi connectivity index (χ1) is 12.1. The van der Waals surface area contributed by atoms with Crippen molar-refractivity contribution in [3.8, 4) is 11.5 Å². The molecule has 0 amide bonds. The molecule has 2 aromatic rings. The number of benzene rings is 2. The van der Waals surface area contributed by atoms with Crippen LogP contribution in [-0.2, 0) is 11.3 Å². The third-order valence-corrected chi connectivity index (χ3v) is 4.76. The Bertz CT molecular complexity index is 682. The van der Waals surface area contributed by atoms with Gasteiger partial charge in [0.1, 0.15) is 17.3 Å². The van der Waals surface area contributed by atoms with Crippen LogP contribution in [0.25, 0.3) is 0 Å². The van der Waals surface area contributed by atoms with E-state index in [2.05, 4.69) is 11.9 Å². The summed E-state index contributed by atoms with van der Waals surface area (Å²) >= 11 is 0. The number of nitrogens with zero attached hydrogens (tertiary/aromatic N) is 1. The lowest BCUT2D eigenvalue weighted by Crippen LogP contribution is -2.36. The molecule has 25 heavy (non-hydrogen) atoms. The molecular formula is C20H24FNO3. The van der Waals surface area contributed by atoms with E-state index in [9.17, 15) is 4.39 Å². The molecule has 0 aromatic heterocycles. The third kappa shape index (κ3) is 4.11. The Labute approximate surface area is 148 Å². The van der Waals surface area contributed by atoms with Gasteiger partial charge in [-0.25, -0.2) is 4.39 Å². The minimum Gasteiger partial charge on any atom is -0.497 e. The van der Waals surface area contributed by atoms with Gasteiger partial charge in [-0.05, 0) is 42.4 Å². The summed E-state index contributed by atoms with van der Waals surface area (Å²) in [5.74, 6) is 1.58. The zero-order valence-electron chi connectivity index (χ0n) is 14.9. The van der Waals surface area contributed by atoms with Crippen LogP contribution in [0, 0.1) is 5.82 Å². The number of methoxy groups -OCH3 is 2. The fourth-order valence-electron chi connectivity index (χ4n) is 3.37. The molecule has 0 spiro atoms. The summed E-state index contributed by atoms with van der Waals surface area (Å²) in [6.07, 6.45) is 0. The first-order valence-electron chi connectivity index (χ1n) is 8.36. The lowest BCUT2D eigenvalue weighted by Gasteiger charge is -2.28. The van der Waals surface area contributed by atoms with E-state index >= 15 is 0 Å². The Morgan fingerprint density at radius 1 is 1.04 bits per heavy atom. The average molecular weight is 345 g/mol. The monoisotopic (exact) mass is 345 g/mol. The minimum absolute atomic E-state index is 0.212. The van der Waals surface area contributed by atoms with Crippen molar-refractivity contribution in [1.29, 1.82) is 0 Å². The van der Waals surface area contributed by atoms with Crippen molar-refractivity contribution in [2.75, 3.05) is 34.5 Å². The summed E-state index contributed by atoms with van der Waals surface area (Å²) in [4.78, 5) is 2.27. The zero-order chi connectivity index (χ0) is 17.8. The van der Waals surface area contributed by atoms with Gasteiger partial charge in [-0.15, -0.1) is 0 Å². The van der Waals surface area contributed by atoms with Gasteiger partial charge in [0.2, 0.25) is 0 Å². The molecule has 0 aliphatic carbocycles. The molecule has 1 heterocycles. The summed E-state index contributed by atoms with van der Waals surface area (Å²) in [5, 5.41) is 0. The third-order valence-electron chi connectivity index (χ3n) is 4.76. The molecule has 0 radical (unpaired) electrons. The summed E-state index contributed by atoms with van der Waals surface area (Å²) in [7, 11) is 5.39. The highest BCUT2D eigenvalue weighted by atomic mass is 19.1. The lowest BCUT2D eigenvalue weighted by molar-refractivity contribution is 0.156. The van der Waals surface area contributed by atoms with Crippen molar-refractivity contribution < 1.29 is 18.6 Å². The van der Waals surface area contributed by atoms with Crippen LogP contribution in [-0.4, -0.2) is 45.4 Å². The van der Waals surface area contributed by atoms with E-state index < -0.39 is 0 Å². The van der Waals surface area contributed by atoms with Gasteiger partial charge in [-0.1, -0.05) is 12.1 Å². The van der Waals surface area contributed by atoms with Gasteiger partial charge in [-0.3, -0.25) is 4.90 Å². The van der Waals surface area contributed by atoms with E-state index in [1.807, 2.05) is 30.3 Å². The number of hydrogen-bond donors (Lipinski definition) is 0. The molecule has 1 aliphatic heterocycles. The largest absolute Gasteiger partial charge is 0.497 e. The molecule has 2 aromatic carbocycles. The van der Waals surface area contributed by atoms with Crippen LogP contribution < -0.4 is 9.47 Å². The second kappa shape index (κ2) is 7.85. The van der Waals surface area contributed by atoms with E-state index in [0.717, 1.165) is 29.2 Å². The fraction of sp³-hybridized carbons (Fsp3) is 0.400. The van der Waals surface area contributed by atoms with Gasteiger partial charge in [0, 0.05) is 24.6 Å². The van der Waals surface area contributed by atoms with Crippen molar-refractivity contribution in [2.24, 2.45) is 0 Å². The van der Waals surface area contributed by atoms with Crippen molar-refractivity contribution in [3.63, 3.8) is 0 Å². The molecular weight excluding hydrogens is 321 g/mol. The van der Waals surface area contributed by atoms with Gasteiger partial charge in [-0.2, -0.15) is 0 Å². The van der Waals surface area contributed by atoms with Crippen LogP contribution in [0.15, 0.2) is 42.5 Å². The van der Waals surface area contributed by atoms with Crippen LogP contribution in [0.4, 0.5) is 4.39 Å². The fourth-order valence-corrected chi connectivity index (χ4v) is 3.37. The maximum Gasteiger partial charge on any atom is 0.123 e. The summed E-state index contributed by atoms with van der Waals surface area (Å²) in [6, 6.07) is 12.9. The molecule has 0 saturated carbocycles. The molecule has 1 fully saturated rings. The Hall–Kier alpha value is -2.11. The molecule has 0 unspecified atom stereocenters. The second-order valence-electron chi connectivity index (χ2n) is 6.40. The van der Waals surface area contributed by atoms with Crippen molar-refractivity contribution >= 4 is 0 Å². The predicted octanol–water partition coefficient (Wildman–Crippen LogP) is 3.46. The Morgan fingerprint density at radius 2 is 1.68 bits per heavy atom. The SMILES string of the molecule is COc1cc(CN(C)[C@@H]2COC[C@H]2c2ccc(F)cc2)cc(OC)c1. The zero-order valence-corrected chi connectivity index (χ0v) is 14.9. The number of hydrogen-bond acceptors (Lipinski definition) is 4. The number of halogens is 1. The Morgan fingerprint density at radius 3 is 2.28 bits per heavy atom. The maximum absolute atomic E-state index is 13.2. The van der Waals surface area contributed by atoms with Gasteiger partial charge in [0.25, 0.3) is 0 Å². The van der Waals surface area contributed by atoms with Crippen molar-refractivity contribution in [3.05, 3.63) is 59.4 Å². The van der Waals surface area contributed by atoms with Crippen LogP contribution in [0.2, 0.25) is 0 Å². The summed E-state index contributed by atoms with van der Waals surface area (Å²) in [6.45, 7) is 2.07. The van der Waals surface area contributed by atoms with Crippen LogP contribution in [0.3, 0.4) is 0 Å². The normalized spacial score (nSPS) is 20.0. The molecule has 2 atom stereocenters. The van der Waals surface area contributed by atoms with Crippen molar-refractivity contribution in [1.82, 2.24) is 4.90 Å². The molecule has 3 rings (SSSR count). The molecule has 5 heteroatoms. The quantitative estimate of drug-likeness (QED) is 0.802. The number of likely N-dealkylation sites (N-methyl/N-ethyl adjacent to an activating group) is 1. The van der Waals surface area contributed by atoms with E-state index in [1.54, 1.807) is 14.2 Å². The Balaban J connectivity index is 1.75. The number of ether oxygens (including phenoxy) is 3. The first kappa shape index (κ1) is 17.7. The van der Waals surface area contributed by atoms with Crippen LogP contribution in [0.5, 0.6) is 11.5 Å². The van der Waals surface area contributed by atoms with Crippen molar-refractivity contribution in [2.45, 2.75) is 18.5 Å². The molecule has 0 bridgehead atoms. The minimum atomic E-state index is -0.212. The standard InChI is InChI=1S/C20H24FNO3/c1-22(11-14-8-17(23-2)10-18(9-14)24-3)20-13-25-12-19(20)15-4-6-16(21)7-5-15/h4-10,19-20H,11-13H2,1-3H3/t19-,20+/m0/s1. The van der Waals surface area contributed by atoms with E-state index in [4.69, 9.17) is 14.2 Å². The summed E-state index contributed by atoms with van der Waals surface area (Å²) in [5.41, 5.74) is 2.22. The highest BCUT2D eigenvalue weighted by molar-refractivity contribution is 5.38. The van der Waals surface area contributed by atoms with E-state index in [-0.39, 0.29) is 17.8 Å².